The second kappa shape index (κ2) is 6.25. The van der Waals surface area contributed by atoms with E-state index in [1.807, 2.05) is 0 Å². The third-order valence-corrected chi connectivity index (χ3v) is 5.27. The van der Waals surface area contributed by atoms with Gasteiger partial charge >= 0.3 is 5.97 Å². The van der Waals surface area contributed by atoms with Crippen LogP contribution in [0.15, 0.2) is 0 Å². The van der Waals surface area contributed by atoms with Crippen LogP contribution >= 0.6 is 0 Å². The molecule has 0 aromatic carbocycles. The molecular formula is C16H29NO2. The monoisotopic (exact) mass is 267 g/mol. The van der Waals surface area contributed by atoms with E-state index in [4.69, 9.17) is 10.5 Å². The standard InChI is InChI=1S/C16H29NO2/c1-3-4-8-13-11-14(19-15(13)18)12(2)16(17)9-6-5-7-10-16/h12-14H,3-11,17H2,1-2H3/t12-,13-,14+/m1/s1. The molecule has 3 nitrogen and oxygen atoms in total. The maximum Gasteiger partial charge on any atom is 0.309 e. The van der Waals surface area contributed by atoms with Gasteiger partial charge in [-0.1, -0.05) is 46.0 Å². The van der Waals surface area contributed by atoms with Crippen molar-refractivity contribution in [2.45, 2.75) is 83.3 Å². The first-order valence-corrected chi connectivity index (χ1v) is 8.06. The smallest absolute Gasteiger partial charge is 0.309 e. The Kier molecular flexibility index (Phi) is 4.88. The summed E-state index contributed by atoms with van der Waals surface area (Å²) in [6, 6.07) is 0. The molecule has 0 spiro atoms. The number of carbonyl (C=O) groups is 1. The summed E-state index contributed by atoms with van der Waals surface area (Å²) in [6.07, 6.45) is 10.1. The van der Waals surface area contributed by atoms with E-state index < -0.39 is 0 Å². The largest absolute Gasteiger partial charge is 0.462 e. The predicted octanol–water partition coefficient (Wildman–Crippen LogP) is 3.41. The zero-order chi connectivity index (χ0) is 13.9. The van der Waals surface area contributed by atoms with E-state index >= 15 is 0 Å². The maximum absolute atomic E-state index is 11.9. The molecule has 3 atom stereocenters. The van der Waals surface area contributed by atoms with Crippen LogP contribution in [0.3, 0.4) is 0 Å². The first-order chi connectivity index (χ1) is 9.07. The fourth-order valence-corrected chi connectivity index (χ4v) is 3.70. The lowest BCUT2D eigenvalue weighted by Gasteiger charge is -2.40. The fourth-order valence-electron chi connectivity index (χ4n) is 3.70. The molecule has 0 bridgehead atoms. The van der Waals surface area contributed by atoms with Crippen LogP contribution in [0.2, 0.25) is 0 Å². The van der Waals surface area contributed by atoms with Crippen LogP contribution in [0.5, 0.6) is 0 Å². The van der Waals surface area contributed by atoms with E-state index in [9.17, 15) is 4.79 Å². The highest BCUT2D eigenvalue weighted by Gasteiger charge is 2.44. The number of nitrogens with two attached hydrogens (primary N) is 1. The molecule has 0 aromatic rings. The molecule has 2 fully saturated rings. The van der Waals surface area contributed by atoms with Crippen molar-refractivity contribution < 1.29 is 9.53 Å². The van der Waals surface area contributed by atoms with Crippen molar-refractivity contribution in [1.29, 1.82) is 0 Å². The molecule has 2 rings (SSSR count). The number of unbranched alkanes of at least 4 members (excludes halogenated alkanes) is 1. The molecule has 0 aromatic heterocycles. The molecule has 0 amide bonds. The number of carbonyl (C=O) groups excluding carboxylic acids is 1. The predicted molar refractivity (Wildman–Crippen MR) is 76.7 cm³/mol. The maximum atomic E-state index is 11.9. The van der Waals surface area contributed by atoms with Gasteiger partial charge in [-0.05, 0) is 25.7 Å². The van der Waals surface area contributed by atoms with E-state index in [1.165, 1.54) is 19.3 Å². The average Bonchev–Trinajstić information content (AvgIpc) is 2.77. The Morgan fingerprint density at radius 3 is 2.68 bits per heavy atom. The van der Waals surface area contributed by atoms with Gasteiger partial charge in [-0.25, -0.2) is 0 Å². The molecule has 2 N–H and O–H groups in total. The SMILES string of the molecule is CCCC[C@@H]1C[C@@H]([C@@H](C)C2(N)CCCCC2)OC1=O. The topological polar surface area (TPSA) is 52.3 Å². The highest BCUT2D eigenvalue weighted by atomic mass is 16.6. The van der Waals surface area contributed by atoms with Crippen molar-refractivity contribution in [3.05, 3.63) is 0 Å². The molecule has 1 saturated heterocycles. The fraction of sp³-hybridized carbons (Fsp3) is 0.938. The van der Waals surface area contributed by atoms with Crippen LogP contribution in [0, 0.1) is 11.8 Å². The zero-order valence-corrected chi connectivity index (χ0v) is 12.5. The van der Waals surface area contributed by atoms with E-state index in [-0.39, 0.29) is 23.5 Å². The summed E-state index contributed by atoms with van der Waals surface area (Å²) >= 11 is 0. The number of hydrogen-bond acceptors (Lipinski definition) is 3. The minimum Gasteiger partial charge on any atom is -0.462 e. The third kappa shape index (κ3) is 3.31. The molecule has 19 heavy (non-hydrogen) atoms. The van der Waals surface area contributed by atoms with E-state index in [0.29, 0.717) is 5.92 Å². The van der Waals surface area contributed by atoms with Crippen molar-refractivity contribution in [1.82, 2.24) is 0 Å². The van der Waals surface area contributed by atoms with Crippen molar-refractivity contribution in [3.8, 4) is 0 Å². The summed E-state index contributed by atoms with van der Waals surface area (Å²) in [6.45, 7) is 4.35. The Labute approximate surface area is 117 Å². The highest BCUT2D eigenvalue weighted by Crippen LogP contribution is 2.39. The summed E-state index contributed by atoms with van der Waals surface area (Å²) in [5, 5.41) is 0. The number of rotatable bonds is 5. The van der Waals surface area contributed by atoms with Crippen LogP contribution in [-0.4, -0.2) is 17.6 Å². The van der Waals surface area contributed by atoms with E-state index in [2.05, 4.69) is 13.8 Å². The van der Waals surface area contributed by atoms with Gasteiger partial charge in [0.2, 0.25) is 0 Å². The number of hydrogen-bond donors (Lipinski definition) is 1. The lowest BCUT2D eigenvalue weighted by atomic mass is 9.71. The van der Waals surface area contributed by atoms with E-state index in [1.54, 1.807) is 0 Å². The average molecular weight is 267 g/mol. The molecule has 110 valence electrons. The lowest BCUT2D eigenvalue weighted by Crippen LogP contribution is -2.51. The Morgan fingerprint density at radius 1 is 1.37 bits per heavy atom. The molecule has 1 saturated carbocycles. The number of esters is 1. The van der Waals surface area contributed by atoms with Gasteiger partial charge in [-0.3, -0.25) is 4.79 Å². The molecule has 1 aliphatic carbocycles. The van der Waals surface area contributed by atoms with Gasteiger partial charge in [-0.15, -0.1) is 0 Å². The van der Waals surface area contributed by atoms with Crippen LogP contribution < -0.4 is 5.73 Å². The highest BCUT2D eigenvalue weighted by molar-refractivity contribution is 5.74. The second-order valence-electron chi connectivity index (χ2n) is 6.63. The Bertz CT molecular complexity index is 310. The van der Waals surface area contributed by atoms with Crippen LogP contribution in [0.25, 0.3) is 0 Å². The quantitative estimate of drug-likeness (QED) is 0.777. The summed E-state index contributed by atoms with van der Waals surface area (Å²) in [5.41, 5.74) is 6.47. The minimum absolute atomic E-state index is 0.0182. The lowest BCUT2D eigenvalue weighted by molar-refractivity contribution is -0.146. The zero-order valence-electron chi connectivity index (χ0n) is 12.5. The van der Waals surface area contributed by atoms with Gasteiger partial charge in [0.05, 0.1) is 5.92 Å². The molecule has 2 aliphatic rings. The number of ether oxygens (including phenoxy) is 1. The molecule has 3 heteroatoms. The molecule has 0 unspecified atom stereocenters. The molecule has 1 aliphatic heterocycles. The van der Waals surface area contributed by atoms with Crippen LogP contribution in [0.4, 0.5) is 0 Å². The Morgan fingerprint density at radius 2 is 2.05 bits per heavy atom. The number of cyclic esters (lactones) is 1. The summed E-state index contributed by atoms with van der Waals surface area (Å²) < 4.78 is 5.63. The van der Waals surface area contributed by atoms with Crippen molar-refractivity contribution in [2.75, 3.05) is 0 Å². The summed E-state index contributed by atoms with van der Waals surface area (Å²) in [7, 11) is 0. The van der Waals surface area contributed by atoms with Gasteiger partial charge in [0.1, 0.15) is 6.10 Å². The third-order valence-electron chi connectivity index (χ3n) is 5.27. The summed E-state index contributed by atoms with van der Waals surface area (Å²) in [4.78, 5) is 11.9. The van der Waals surface area contributed by atoms with Gasteiger partial charge in [0.15, 0.2) is 0 Å². The van der Waals surface area contributed by atoms with Crippen LogP contribution in [0.1, 0.15) is 71.6 Å². The van der Waals surface area contributed by atoms with Gasteiger partial charge in [0, 0.05) is 11.5 Å². The van der Waals surface area contributed by atoms with Crippen molar-refractivity contribution >= 4 is 5.97 Å². The summed E-state index contributed by atoms with van der Waals surface area (Å²) in [5.74, 6) is 0.438. The van der Waals surface area contributed by atoms with Crippen LogP contribution in [-0.2, 0) is 9.53 Å². The first-order valence-electron chi connectivity index (χ1n) is 8.06. The first kappa shape index (κ1) is 14.8. The Balaban J connectivity index is 1.93. The van der Waals surface area contributed by atoms with Gasteiger partial charge in [0.25, 0.3) is 0 Å². The second-order valence-corrected chi connectivity index (χ2v) is 6.63. The van der Waals surface area contributed by atoms with Crippen molar-refractivity contribution in [3.63, 3.8) is 0 Å². The van der Waals surface area contributed by atoms with Gasteiger partial charge < -0.3 is 10.5 Å². The molecule has 1 heterocycles. The molecule has 0 radical (unpaired) electrons. The normalized spacial score (nSPS) is 32.1. The van der Waals surface area contributed by atoms with Gasteiger partial charge in [-0.2, -0.15) is 0 Å². The molecular weight excluding hydrogens is 238 g/mol. The van der Waals surface area contributed by atoms with Crippen molar-refractivity contribution in [2.24, 2.45) is 17.6 Å². The Hall–Kier alpha value is -0.570. The minimum atomic E-state index is -0.108. The van der Waals surface area contributed by atoms with E-state index in [0.717, 1.165) is 38.5 Å².